The van der Waals surface area contributed by atoms with Crippen molar-refractivity contribution >= 4 is 0 Å². The van der Waals surface area contributed by atoms with Gasteiger partial charge in [0.05, 0.1) is 6.10 Å². The second-order valence-electron chi connectivity index (χ2n) is 1.98. The first-order valence-electron chi connectivity index (χ1n) is 2.32. The maximum Gasteiger partial charge on any atom is 1.00 e. The van der Waals surface area contributed by atoms with Crippen LogP contribution in [0.2, 0.25) is 0 Å². The molecule has 1 nitrogen and oxygen atoms in total. The smallest absolute Gasteiger partial charge is 0.393 e. The van der Waals surface area contributed by atoms with Crippen LogP contribution in [0.3, 0.4) is 0 Å². The normalized spacial score (nSPS) is 13.3. The molecule has 0 aliphatic rings. The van der Waals surface area contributed by atoms with Gasteiger partial charge in [0.2, 0.25) is 0 Å². The van der Waals surface area contributed by atoms with Gasteiger partial charge in [-0.05, 0) is 12.8 Å². The number of aliphatic hydroxyl groups is 1. The summed E-state index contributed by atoms with van der Waals surface area (Å²) in [5, 5.41) is 8.63. The fourth-order valence-electron chi connectivity index (χ4n) is 0. The van der Waals surface area contributed by atoms with Crippen LogP contribution in [0, 0.1) is 5.92 Å². The van der Waals surface area contributed by atoms with Crippen LogP contribution in [0.1, 0.15) is 20.8 Å². The molecule has 0 saturated heterocycles. The third-order valence-electron chi connectivity index (χ3n) is 0.965. The van der Waals surface area contributed by atoms with Crippen molar-refractivity contribution in [1.29, 1.82) is 0 Å². The van der Waals surface area contributed by atoms with Gasteiger partial charge in [0.1, 0.15) is 0 Å². The van der Waals surface area contributed by atoms with Gasteiger partial charge in [0.15, 0.2) is 0 Å². The topological polar surface area (TPSA) is 20.2 Å². The molecule has 38 valence electrons. The van der Waals surface area contributed by atoms with Gasteiger partial charge >= 0.3 is 51.4 Å². The first-order valence-corrected chi connectivity index (χ1v) is 2.32. The maximum absolute atomic E-state index is 8.63. The molecule has 0 fully saturated rings. The average molecular weight is 127 g/mol. The van der Waals surface area contributed by atoms with Crippen molar-refractivity contribution in [3.05, 3.63) is 0 Å². The predicted octanol–water partition coefficient (Wildman–Crippen LogP) is -1.97. The molecule has 7 heavy (non-hydrogen) atoms. The molecule has 1 unspecified atom stereocenters. The third kappa shape index (κ3) is 7.60. The zero-order valence-corrected chi connectivity index (χ0v) is 8.73. The molecule has 0 aromatic rings. The van der Waals surface area contributed by atoms with Crippen molar-refractivity contribution in [1.82, 2.24) is 0 Å². The summed E-state index contributed by atoms with van der Waals surface area (Å²) in [6, 6.07) is 0. The van der Waals surface area contributed by atoms with Crippen molar-refractivity contribution in [2.45, 2.75) is 26.9 Å². The molecule has 0 aromatic heterocycles. The van der Waals surface area contributed by atoms with Gasteiger partial charge in [0, 0.05) is 0 Å². The van der Waals surface area contributed by atoms with Gasteiger partial charge < -0.3 is 5.11 Å². The summed E-state index contributed by atoms with van der Waals surface area (Å²) >= 11 is 0. The zero-order valence-electron chi connectivity index (χ0n) is 5.60. The molecule has 0 spiro atoms. The fourth-order valence-corrected chi connectivity index (χ4v) is 0. The van der Waals surface area contributed by atoms with Crippen molar-refractivity contribution in [2.75, 3.05) is 0 Å². The minimum atomic E-state index is -0.148. The van der Waals surface area contributed by atoms with Crippen molar-refractivity contribution < 1.29 is 56.5 Å². The SMILES string of the molecule is CC(C)C(C)O.[K+]. The van der Waals surface area contributed by atoms with E-state index in [9.17, 15) is 0 Å². The Kier molecular flexibility index (Phi) is 9.33. The first kappa shape index (κ1) is 11.4. The van der Waals surface area contributed by atoms with E-state index < -0.39 is 0 Å². The molecular formula is C5H12KO+. The van der Waals surface area contributed by atoms with Crippen LogP contribution < -0.4 is 51.4 Å². The number of hydrogen-bond donors (Lipinski definition) is 1. The van der Waals surface area contributed by atoms with E-state index in [1.807, 2.05) is 13.8 Å². The Morgan fingerprint density at radius 3 is 1.29 bits per heavy atom. The summed E-state index contributed by atoms with van der Waals surface area (Å²) < 4.78 is 0. The van der Waals surface area contributed by atoms with Gasteiger partial charge in [-0.1, -0.05) is 13.8 Å². The Bertz CT molecular complexity index is 29.1. The molecule has 0 aliphatic heterocycles. The second-order valence-corrected chi connectivity index (χ2v) is 1.98. The summed E-state index contributed by atoms with van der Waals surface area (Å²) in [7, 11) is 0. The van der Waals surface area contributed by atoms with Crippen molar-refractivity contribution in [2.24, 2.45) is 5.92 Å². The molecule has 0 aliphatic carbocycles. The van der Waals surface area contributed by atoms with Crippen LogP contribution in [0.15, 0.2) is 0 Å². The summed E-state index contributed by atoms with van der Waals surface area (Å²) in [4.78, 5) is 0. The summed E-state index contributed by atoms with van der Waals surface area (Å²) in [5.41, 5.74) is 0. The summed E-state index contributed by atoms with van der Waals surface area (Å²) in [6.45, 7) is 5.78. The van der Waals surface area contributed by atoms with Gasteiger partial charge in [-0.3, -0.25) is 0 Å². The molecule has 0 aromatic carbocycles. The molecule has 0 saturated carbocycles. The molecule has 2 heteroatoms. The van der Waals surface area contributed by atoms with Gasteiger partial charge in [0.25, 0.3) is 0 Å². The van der Waals surface area contributed by atoms with E-state index in [2.05, 4.69) is 0 Å². The number of hydrogen-bond acceptors (Lipinski definition) is 1. The monoisotopic (exact) mass is 127 g/mol. The summed E-state index contributed by atoms with van der Waals surface area (Å²) in [6.07, 6.45) is -0.148. The molecule has 1 N–H and O–H groups in total. The molecule has 0 heterocycles. The summed E-state index contributed by atoms with van der Waals surface area (Å²) in [5.74, 6) is 0.407. The Hall–Kier alpha value is 1.60. The average Bonchev–Trinajstić information content (AvgIpc) is 1.36. The van der Waals surface area contributed by atoms with Gasteiger partial charge in [-0.15, -0.1) is 0 Å². The fraction of sp³-hybridized carbons (Fsp3) is 1.00. The van der Waals surface area contributed by atoms with Gasteiger partial charge in [-0.25, -0.2) is 0 Å². The van der Waals surface area contributed by atoms with E-state index in [0.717, 1.165) is 0 Å². The number of rotatable bonds is 1. The predicted molar refractivity (Wildman–Crippen MR) is 26.5 cm³/mol. The minimum absolute atomic E-state index is 0. The zero-order chi connectivity index (χ0) is 5.15. The quantitative estimate of drug-likeness (QED) is 0.405. The molecular weight excluding hydrogens is 115 g/mol. The number of aliphatic hydroxyl groups excluding tert-OH is 1. The Morgan fingerprint density at radius 2 is 1.29 bits per heavy atom. The molecule has 1 atom stereocenters. The molecule has 0 radical (unpaired) electrons. The van der Waals surface area contributed by atoms with E-state index in [1.54, 1.807) is 6.92 Å². The van der Waals surface area contributed by atoms with Crippen molar-refractivity contribution in [3.8, 4) is 0 Å². The molecule has 0 rings (SSSR count). The van der Waals surface area contributed by atoms with Crippen LogP contribution in [-0.4, -0.2) is 11.2 Å². The Balaban J connectivity index is 0. The first-order chi connectivity index (χ1) is 2.64. The Morgan fingerprint density at radius 1 is 1.14 bits per heavy atom. The van der Waals surface area contributed by atoms with Crippen LogP contribution in [0.25, 0.3) is 0 Å². The second kappa shape index (κ2) is 5.73. The maximum atomic E-state index is 8.63. The van der Waals surface area contributed by atoms with Crippen LogP contribution in [0.4, 0.5) is 0 Å². The van der Waals surface area contributed by atoms with E-state index >= 15 is 0 Å². The minimum Gasteiger partial charge on any atom is -0.393 e. The van der Waals surface area contributed by atoms with E-state index in [-0.39, 0.29) is 57.5 Å². The van der Waals surface area contributed by atoms with Crippen molar-refractivity contribution in [3.63, 3.8) is 0 Å². The third-order valence-corrected chi connectivity index (χ3v) is 0.965. The van der Waals surface area contributed by atoms with E-state index in [0.29, 0.717) is 5.92 Å². The molecule has 0 bridgehead atoms. The largest absolute Gasteiger partial charge is 1.00 e. The standard InChI is InChI=1S/C5H12O.K/c1-4(2)5(3)6;/h4-6H,1-3H3;/q;+1. The Labute approximate surface area is 87.9 Å². The van der Waals surface area contributed by atoms with Gasteiger partial charge in [-0.2, -0.15) is 0 Å². The van der Waals surface area contributed by atoms with E-state index in [4.69, 9.17) is 5.11 Å². The van der Waals surface area contributed by atoms with Crippen LogP contribution >= 0.6 is 0 Å². The molecule has 0 amide bonds. The van der Waals surface area contributed by atoms with E-state index in [1.165, 1.54) is 0 Å². The van der Waals surface area contributed by atoms with Crippen LogP contribution in [-0.2, 0) is 0 Å². The van der Waals surface area contributed by atoms with Crippen LogP contribution in [0.5, 0.6) is 0 Å².